The van der Waals surface area contributed by atoms with Crippen molar-refractivity contribution in [1.82, 2.24) is 5.32 Å². The predicted octanol–water partition coefficient (Wildman–Crippen LogP) is 1.91. The Bertz CT molecular complexity index is 199. The van der Waals surface area contributed by atoms with Gasteiger partial charge in [0.25, 0.3) is 0 Å². The van der Waals surface area contributed by atoms with Gasteiger partial charge in [0.05, 0.1) is 6.04 Å². The fourth-order valence-electron chi connectivity index (χ4n) is 1.29. The number of rotatable bonds is 6. The molecule has 1 N–H and O–H groups in total. The monoisotopic (exact) mass is 199 g/mol. The maximum absolute atomic E-state index is 11.5. The third-order valence-corrected chi connectivity index (χ3v) is 2.10. The number of nitrogens with one attached hydrogen (secondary N) is 1. The van der Waals surface area contributed by atoms with Crippen molar-refractivity contribution in [3.05, 3.63) is 0 Å². The van der Waals surface area contributed by atoms with Crippen LogP contribution in [0.1, 0.15) is 47.0 Å². The zero-order valence-electron chi connectivity index (χ0n) is 9.59. The van der Waals surface area contributed by atoms with E-state index in [9.17, 15) is 9.59 Å². The van der Waals surface area contributed by atoms with Crippen LogP contribution in [0, 0.1) is 5.92 Å². The third kappa shape index (κ3) is 5.00. The van der Waals surface area contributed by atoms with Gasteiger partial charge in [0.1, 0.15) is 0 Å². The lowest BCUT2D eigenvalue weighted by Crippen LogP contribution is -2.41. The third-order valence-electron chi connectivity index (χ3n) is 2.10. The lowest BCUT2D eigenvalue weighted by Gasteiger charge is -2.18. The molecule has 0 aliphatic carbocycles. The van der Waals surface area contributed by atoms with E-state index in [1.54, 1.807) is 6.92 Å². The molecule has 0 aromatic carbocycles. The molecular formula is C11H21NO2. The number of carbonyl (C=O) groups excluding carboxylic acids is 2. The van der Waals surface area contributed by atoms with Crippen molar-refractivity contribution < 1.29 is 9.59 Å². The molecule has 0 aliphatic rings. The van der Waals surface area contributed by atoms with Crippen LogP contribution in [0.15, 0.2) is 0 Å². The van der Waals surface area contributed by atoms with Gasteiger partial charge in [-0.3, -0.25) is 9.59 Å². The largest absolute Gasteiger partial charge is 0.346 e. The van der Waals surface area contributed by atoms with Crippen molar-refractivity contribution in [2.24, 2.45) is 5.92 Å². The fraction of sp³-hybridized carbons (Fsp3) is 0.818. The van der Waals surface area contributed by atoms with Crippen LogP contribution in [0.2, 0.25) is 0 Å². The summed E-state index contributed by atoms with van der Waals surface area (Å²) in [5.41, 5.74) is 0. The molecule has 3 heteroatoms. The van der Waals surface area contributed by atoms with Gasteiger partial charge in [-0.1, -0.05) is 27.7 Å². The number of amides is 1. The topological polar surface area (TPSA) is 46.2 Å². The molecule has 0 rings (SSSR count). The summed E-state index contributed by atoms with van der Waals surface area (Å²) in [5.74, 6) is 0.505. The Hall–Kier alpha value is -0.860. The second kappa shape index (κ2) is 6.57. The zero-order valence-corrected chi connectivity index (χ0v) is 9.59. The molecule has 0 spiro atoms. The minimum atomic E-state index is -0.285. The number of carbonyl (C=O) groups is 2. The zero-order chi connectivity index (χ0) is 11.1. The van der Waals surface area contributed by atoms with Crippen LogP contribution in [-0.4, -0.2) is 17.7 Å². The molecule has 82 valence electrons. The van der Waals surface area contributed by atoms with Crippen LogP contribution in [0.5, 0.6) is 0 Å². The van der Waals surface area contributed by atoms with Gasteiger partial charge >= 0.3 is 0 Å². The first kappa shape index (κ1) is 13.1. The van der Waals surface area contributed by atoms with E-state index in [4.69, 9.17) is 0 Å². The standard InChI is InChI=1S/C11H21NO2/c1-5-10(13)9(7-8(3)4)12-11(14)6-2/h8-9H,5-7H2,1-4H3,(H,12,14). The highest BCUT2D eigenvalue weighted by molar-refractivity contribution is 5.88. The van der Waals surface area contributed by atoms with Crippen LogP contribution in [0.25, 0.3) is 0 Å². The van der Waals surface area contributed by atoms with Gasteiger partial charge in [-0.15, -0.1) is 0 Å². The summed E-state index contributed by atoms with van der Waals surface area (Å²) in [6.45, 7) is 7.72. The molecule has 0 radical (unpaired) electrons. The summed E-state index contributed by atoms with van der Waals surface area (Å²) < 4.78 is 0. The highest BCUT2D eigenvalue weighted by atomic mass is 16.2. The molecule has 0 bridgehead atoms. The van der Waals surface area contributed by atoms with E-state index in [0.717, 1.165) is 6.42 Å². The second-order valence-electron chi connectivity index (χ2n) is 3.92. The molecule has 0 saturated carbocycles. The molecular weight excluding hydrogens is 178 g/mol. The minimum Gasteiger partial charge on any atom is -0.346 e. The maximum Gasteiger partial charge on any atom is 0.220 e. The van der Waals surface area contributed by atoms with E-state index in [1.165, 1.54) is 0 Å². The maximum atomic E-state index is 11.5. The first-order chi connectivity index (χ1) is 6.51. The van der Waals surface area contributed by atoms with E-state index in [-0.39, 0.29) is 17.7 Å². The van der Waals surface area contributed by atoms with E-state index in [0.29, 0.717) is 18.8 Å². The van der Waals surface area contributed by atoms with Crippen molar-refractivity contribution in [2.75, 3.05) is 0 Å². The molecule has 1 unspecified atom stereocenters. The molecule has 0 aliphatic heterocycles. The van der Waals surface area contributed by atoms with Crippen LogP contribution in [0.3, 0.4) is 0 Å². The summed E-state index contributed by atoms with van der Waals surface area (Å²) in [6.07, 6.45) is 1.66. The molecule has 0 heterocycles. The molecule has 0 fully saturated rings. The highest BCUT2D eigenvalue weighted by Gasteiger charge is 2.19. The normalized spacial score (nSPS) is 12.6. The molecule has 14 heavy (non-hydrogen) atoms. The summed E-state index contributed by atoms with van der Waals surface area (Å²) in [5, 5.41) is 2.76. The van der Waals surface area contributed by atoms with Crippen molar-refractivity contribution in [3.8, 4) is 0 Å². The van der Waals surface area contributed by atoms with E-state index >= 15 is 0 Å². The van der Waals surface area contributed by atoms with Gasteiger partial charge in [0.15, 0.2) is 5.78 Å². The van der Waals surface area contributed by atoms with Crippen LogP contribution in [0.4, 0.5) is 0 Å². The number of hydrogen-bond donors (Lipinski definition) is 1. The summed E-state index contributed by atoms with van der Waals surface area (Å²) >= 11 is 0. The Morgan fingerprint density at radius 2 is 1.71 bits per heavy atom. The van der Waals surface area contributed by atoms with Crippen molar-refractivity contribution in [2.45, 2.75) is 53.0 Å². The fourth-order valence-corrected chi connectivity index (χ4v) is 1.29. The molecule has 1 atom stereocenters. The van der Waals surface area contributed by atoms with Gasteiger partial charge in [0, 0.05) is 12.8 Å². The van der Waals surface area contributed by atoms with E-state index < -0.39 is 0 Å². The Kier molecular flexibility index (Phi) is 6.17. The predicted molar refractivity (Wildman–Crippen MR) is 57.0 cm³/mol. The second-order valence-corrected chi connectivity index (χ2v) is 3.92. The Morgan fingerprint density at radius 1 is 1.14 bits per heavy atom. The van der Waals surface area contributed by atoms with E-state index in [1.807, 2.05) is 20.8 Å². The molecule has 3 nitrogen and oxygen atoms in total. The lowest BCUT2D eigenvalue weighted by molar-refractivity contribution is -0.127. The molecule has 0 aromatic rings. The smallest absolute Gasteiger partial charge is 0.220 e. The first-order valence-corrected chi connectivity index (χ1v) is 5.33. The van der Waals surface area contributed by atoms with Crippen molar-refractivity contribution in [3.63, 3.8) is 0 Å². The van der Waals surface area contributed by atoms with Gasteiger partial charge < -0.3 is 5.32 Å². The van der Waals surface area contributed by atoms with Crippen LogP contribution < -0.4 is 5.32 Å². The van der Waals surface area contributed by atoms with Gasteiger partial charge in [-0.25, -0.2) is 0 Å². The molecule has 0 aromatic heterocycles. The first-order valence-electron chi connectivity index (χ1n) is 5.33. The van der Waals surface area contributed by atoms with Crippen molar-refractivity contribution >= 4 is 11.7 Å². The van der Waals surface area contributed by atoms with Gasteiger partial charge in [-0.05, 0) is 12.3 Å². The van der Waals surface area contributed by atoms with E-state index in [2.05, 4.69) is 5.32 Å². The van der Waals surface area contributed by atoms with Crippen LogP contribution in [-0.2, 0) is 9.59 Å². The summed E-state index contributed by atoms with van der Waals surface area (Å²) in [6, 6.07) is -0.285. The minimum absolute atomic E-state index is 0.0440. The quantitative estimate of drug-likeness (QED) is 0.710. The average Bonchev–Trinajstić information content (AvgIpc) is 2.14. The number of Topliss-reactive ketones (excluding diaryl/α,β-unsaturated/α-hetero) is 1. The Labute approximate surface area is 86.3 Å². The number of ketones is 1. The Morgan fingerprint density at radius 3 is 2.07 bits per heavy atom. The lowest BCUT2D eigenvalue weighted by atomic mass is 9.99. The Balaban J connectivity index is 4.24. The molecule has 0 saturated heterocycles. The average molecular weight is 199 g/mol. The van der Waals surface area contributed by atoms with Gasteiger partial charge in [0.2, 0.25) is 5.91 Å². The summed E-state index contributed by atoms with van der Waals surface area (Å²) in [7, 11) is 0. The highest BCUT2D eigenvalue weighted by Crippen LogP contribution is 2.07. The van der Waals surface area contributed by atoms with Crippen LogP contribution >= 0.6 is 0 Å². The SMILES string of the molecule is CCC(=O)NC(CC(C)C)C(=O)CC. The number of hydrogen-bond acceptors (Lipinski definition) is 2. The van der Waals surface area contributed by atoms with Crippen molar-refractivity contribution in [1.29, 1.82) is 0 Å². The van der Waals surface area contributed by atoms with Gasteiger partial charge in [-0.2, -0.15) is 0 Å². The molecule has 1 amide bonds. The summed E-state index contributed by atoms with van der Waals surface area (Å²) in [4.78, 5) is 22.6.